The van der Waals surface area contributed by atoms with Gasteiger partial charge in [0.05, 0.1) is 29.9 Å². The van der Waals surface area contributed by atoms with Gasteiger partial charge >= 0.3 is 6.18 Å². The molecule has 0 radical (unpaired) electrons. The summed E-state index contributed by atoms with van der Waals surface area (Å²) in [6.45, 7) is 3.61. The van der Waals surface area contributed by atoms with Crippen LogP contribution in [0.25, 0.3) is 11.3 Å². The summed E-state index contributed by atoms with van der Waals surface area (Å²) in [4.78, 5) is 9.80. The van der Waals surface area contributed by atoms with Crippen LogP contribution in [0.2, 0.25) is 5.15 Å². The first-order chi connectivity index (χ1) is 13.6. The molecule has 7 nitrogen and oxygen atoms in total. The molecule has 1 saturated heterocycles. The van der Waals surface area contributed by atoms with Gasteiger partial charge in [0.15, 0.2) is 0 Å². The van der Waals surface area contributed by atoms with Crippen molar-refractivity contribution in [3.63, 3.8) is 0 Å². The monoisotopic (exact) mass is 435 g/mol. The van der Waals surface area contributed by atoms with E-state index in [-0.39, 0.29) is 40.3 Å². The van der Waals surface area contributed by atoms with Gasteiger partial charge in [-0.1, -0.05) is 18.5 Å². The van der Waals surface area contributed by atoms with Gasteiger partial charge in [0.2, 0.25) is 5.95 Å². The molecule has 3 N–H and O–H groups in total. The summed E-state index contributed by atoms with van der Waals surface area (Å²) >= 11 is 6.44. The lowest BCUT2D eigenvalue weighted by molar-refractivity contribution is -0.127. The maximum atomic E-state index is 14.7. The van der Waals surface area contributed by atoms with Gasteiger partial charge in [0.25, 0.3) is 0 Å². The molecule has 3 heterocycles. The van der Waals surface area contributed by atoms with Crippen molar-refractivity contribution in [3.05, 3.63) is 16.9 Å². The quantitative estimate of drug-likeness (QED) is 0.701. The van der Waals surface area contributed by atoms with Crippen LogP contribution >= 0.6 is 11.6 Å². The highest BCUT2D eigenvalue weighted by molar-refractivity contribution is 6.32. The first kappa shape index (κ1) is 21.6. The fraction of sp³-hybridized carbons (Fsp3) is 0.588. The highest BCUT2D eigenvalue weighted by Crippen LogP contribution is 2.38. The van der Waals surface area contributed by atoms with E-state index in [0.29, 0.717) is 13.0 Å². The summed E-state index contributed by atoms with van der Waals surface area (Å²) in [5.41, 5.74) is 5.56. The zero-order valence-corrected chi connectivity index (χ0v) is 16.7. The minimum atomic E-state index is -4.50. The molecule has 3 rings (SSSR count). The number of halogens is 5. The zero-order chi connectivity index (χ0) is 21.3. The lowest BCUT2D eigenvalue weighted by Gasteiger charge is -2.34. The maximum Gasteiger partial charge on any atom is 0.393 e. The van der Waals surface area contributed by atoms with E-state index in [1.54, 1.807) is 0 Å². The van der Waals surface area contributed by atoms with Gasteiger partial charge in [-0.25, -0.2) is 14.1 Å². The summed E-state index contributed by atoms with van der Waals surface area (Å²) in [5, 5.41) is 6.79. The van der Waals surface area contributed by atoms with Gasteiger partial charge in [0.1, 0.15) is 17.1 Å². The van der Waals surface area contributed by atoms with E-state index in [1.807, 2.05) is 11.8 Å². The number of piperidine rings is 1. The topological polar surface area (TPSA) is 84.9 Å². The van der Waals surface area contributed by atoms with Gasteiger partial charge in [-0.15, -0.1) is 0 Å². The molecular formula is C17H22ClF4N7. The van der Waals surface area contributed by atoms with Crippen LogP contribution in [0.4, 0.5) is 29.3 Å². The fourth-order valence-electron chi connectivity index (χ4n) is 3.55. The Hall–Kier alpha value is -2.14. The molecule has 0 spiro atoms. The standard InChI is InChI=1S/C17H22ClF4N7/c1-3-28-5-4-12(11(19)8-28)29-14(18)10(7-25-29)13-9(6-17(20,21)22)15(24-2)27-16(23)26-13/h7,11-12H,3-6,8H2,1-2H3,(H3,23,24,26,27). The first-order valence-corrected chi connectivity index (χ1v) is 9.53. The van der Waals surface area contributed by atoms with Crippen LogP contribution < -0.4 is 11.1 Å². The number of anilines is 2. The smallest absolute Gasteiger partial charge is 0.373 e. The van der Waals surface area contributed by atoms with Gasteiger partial charge in [-0.3, -0.25) is 0 Å². The average Bonchev–Trinajstić information content (AvgIpc) is 3.02. The minimum Gasteiger partial charge on any atom is -0.373 e. The molecule has 0 saturated carbocycles. The fourth-order valence-corrected chi connectivity index (χ4v) is 3.86. The van der Waals surface area contributed by atoms with Crippen molar-refractivity contribution in [2.45, 2.75) is 38.2 Å². The van der Waals surface area contributed by atoms with E-state index in [1.165, 1.54) is 17.9 Å². The van der Waals surface area contributed by atoms with Crippen molar-refractivity contribution in [2.75, 3.05) is 37.7 Å². The molecule has 160 valence electrons. The van der Waals surface area contributed by atoms with Gasteiger partial charge < -0.3 is 16.0 Å². The molecule has 29 heavy (non-hydrogen) atoms. The number of likely N-dealkylation sites (tertiary alicyclic amines) is 1. The molecule has 2 unspecified atom stereocenters. The van der Waals surface area contributed by atoms with Crippen LogP contribution in [-0.2, 0) is 6.42 Å². The molecule has 0 aromatic carbocycles. The third-order valence-electron chi connectivity index (χ3n) is 4.98. The number of nitrogens with two attached hydrogens (primary N) is 1. The second-order valence-corrected chi connectivity index (χ2v) is 7.22. The molecule has 2 atom stereocenters. The number of aromatic nitrogens is 4. The first-order valence-electron chi connectivity index (χ1n) is 9.15. The third kappa shape index (κ3) is 4.55. The van der Waals surface area contributed by atoms with Crippen LogP contribution in [0.15, 0.2) is 6.20 Å². The van der Waals surface area contributed by atoms with Crippen LogP contribution in [0.1, 0.15) is 24.9 Å². The molecule has 2 aromatic heterocycles. The van der Waals surface area contributed by atoms with E-state index in [9.17, 15) is 17.6 Å². The van der Waals surface area contributed by atoms with Crippen molar-refractivity contribution >= 4 is 23.4 Å². The normalized spacial score (nSPS) is 20.8. The molecule has 1 aliphatic rings. The largest absolute Gasteiger partial charge is 0.393 e. The van der Waals surface area contributed by atoms with Crippen LogP contribution in [0.3, 0.4) is 0 Å². The molecule has 1 fully saturated rings. The summed E-state index contributed by atoms with van der Waals surface area (Å²) in [6, 6.07) is -0.604. The van der Waals surface area contributed by atoms with E-state index < -0.39 is 24.8 Å². The highest BCUT2D eigenvalue weighted by atomic mass is 35.5. The molecular weight excluding hydrogens is 414 g/mol. The Kier molecular flexibility index (Phi) is 6.18. The molecule has 0 aliphatic carbocycles. The van der Waals surface area contributed by atoms with Crippen LogP contribution in [0.5, 0.6) is 0 Å². The maximum absolute atomic E-state index is 14.7. The van der Waals surface area contributed by atoms with E-state index >= 15 is 0 Å². The van der Waals surface area contributed by atoms with Crippen molar-refractivity contribution < 1.29 is 17.6 Å². The number of nitrogens with zero attached hydrogens (tertiary/aromatic N) is 5. The molecule has 12 heteroatoms. The summed E-state index contributed by atoms with van der Waals surface area (Å²) in [5.74, 6) is -0.257. The Morgan fingerprint density at radius 3 is 2.66 bits per heavy atom. The number of nitrogens with one attached hydrogen (secondary N) is 1. The van der Waals surface area contributed by atoms with Crippen LogP contribution in [0, 0.1) is 0 Å². The Bertz CT molecular complexity index is 870. The summed E-state index contributed by atoms with van der Waals surface area (Å²) < 4.78 is 55.5. The second-order valence-electron chi connectivity index (χ2n) is 6.86. The van der Waals surface area contributed by atoms with Gasteiger partial charge in [-0.2, -0.15) is 23.3 Å². The Morgan fingerprint density at radius 2 is 2.07 bits per heavy atom. The molecule has 0 amide bonds. The minimum absolute atomic E-state index is 0.0196. The Morgan fingerprint density at radius 1 is 1.34 bits per heavy atom. The molecule has 1 aliphatic heterocycles. The van der Waals surface area contributed by atoms with Crippen LogP contribution in [-0.4, -0.2) is 63.7 Å². The predicted octanol–water partition coefficient (Wildman–Crippen LogP) is 3.33. The zero-order valence-electron chi connectivity index (χ0n) is 16.0. The number of nitrogen functional groups attached to an aromatic ring is 1. The third-order valence-corrected chi connectivity index (χ3v) is 5.36. The van der Waals surface area contributed by atoms with E-state index in [4.69, 9.17) is 17.3 Å². The van der Waals surface area contributed by atoms with Gasteiger partial charge in [0, 0.05) is 25.7 Å². The summed E-state index contributed by atoms with van der Waals surface area (Å²) in [6.07, 6.45) is -5.20. The van der Waals surface area contributed by atoms with Crippen molar-refractivity contribution in [3.8, 4) is 11.3 Å². The van der Waals surface area contributed by atoms with Crippen molar-refractivity contribution in [1.29, 1.82) is 0 Å². The lowest BCUT2D eigenvalue weighted by Crippen LogP contribution is -2.42. The van der Waals surface area contributed by atoms with Crippen molar-refractivity contribution in [1.82, 2.24) is 24.6 Å². The lowest BCUT2D eigenvalue weighted by atomic mass is 10.0. The number of hydrogen-bond acceptors (Lipinski definition) is 6. The SMILES string of the molecule is CCN1CCC(n2ncc(-c3nc(N)nc(NC)c3CC(F)(F)F)c2Cl)C(F)C1. The van der Waals surface area contributed by atoms with Gasteiger partial charge in [-0.05, 0) is 13.0 Å². The summed E-state index contributed by atoms with van der Waals surface area (Å²) in [7, 11) is 1.44. The number of alkyl halides is 4. The number of rotatable bonds is 5. The van der Waals surface area contributed by atoms with E-state index in [2.05, 4.69) is 20.4 Å². The average molecular weight is 436 g/mol. The predicted molar refractivity (Wildman–Crippen MR) is 103 cm³/mol. The molecule has 0 bridgehead atoms. The van der Waals surface area contributed by atoms with Crippen molar-refractivity contribution in [2.24, 2.45) is 0 Å². The Balaban J connectivity index is 2.03. The number of hydrogen-bond donors (Lipinski definition) is 2. The second kappa shape index (κ2) is 8.31. The van der Waals surface area contributed by atoms with E-state index in [0.717, 1.165) is 6.54 Å². The highest BCUT2D eigenvalue weighted by Gasteiger charge is 2.35. The molecule has 2 aromatic rings. The Labute approximate surface area is 170 Å².